The van der Waals surface area contributed by atoms with Gasteiger partial charge in [0.15, 0.2) is 5.69 Å². The molecule has 2 heterocycles. The first-order valence-electron chi connectivity index (χ1n) is 5.54. The first-order valence-corrected chi connectivity index (χ1v) is 5.54. The van der Waals surface area contributed by atoms with Crippen LogP contribution in [-0.4, -0.2) is 21.0 Å². The number of nitrogens with zero attached hydrogens (tertiary/aromatic N) is 2. The van der Waals surface area contributed by atoms with Crippen LogP contribution in [0.5, 0.6) is 0 Å². The first-order chi connectivity index (χ1) is 8.66. The van der Waals surface area contributed by atoms with Crippen molar-refractivity contribution in [3.8, 4) is 0 Å². The van der Waals surface area contributed by atoms with Gasteiger partial charge in [0.2, 0.25) is 0 Å². The Bertz CT molecular complexity index is 543. The van der Waals surface area contributed by atoms with Crippen molar-refractivity contribution >= 4 is 11.8 Å². The number of pyridine rings is 2. The molecule has 5 nitrogen and oxygen atoms in total. The van der Waals surface area contributed by atoms with Crippen molar-refractivity contribution in [1.82, 2.24) is 9.97 Å². The minimum atomic E-state index is -1.04. The van der Waals surface area contributed by atoms with E-state index in [4.69, 9.17) is 5.11 Å². The Kier molecular flexibility index (Phi) is 3.52. The third-order valence-electron chi connectivity index (χ3n) is 2.46. The molecule has 0 fully saturated rings. The molecule has 2 aromatic heterocycles. The Morgan fingerprint density at radius 3 is 2.78 bits per heavy atom. The lowest BCUT2D eigenvalue weighted by atomic mass is 10.2. The molecular formula is C13H13N3O2. The number of anilines is 1. The van der Waals surface area contributed by atoms with E-state index in [0.717, 1.165) is 5.69 Å². The lowest BCUT2D eigenvalue weighted by Gasteiger charge is -2.13. The predicted octanol–water partition coefficient (Wildman–Crippen LogP) is 2.35. The van der Waals surface area contributed by atoms with Gasteiger partial charge in [-0.05, 0) is 31.2 Å². The van der Waals surface area contributed by atoms with Crippen molar-refractivity contribution in [2.45, 2.75) is 13.0 Å². The van der Waals surface area contributed by atoms with Gasteiger partial charge in [-0.25, -0.2) is 9.78 Å². The SMILES string of the molecule is C[C@@H](Nc1cccc(C(=O)O)n1)c1ccccn1. The first kappa shape index (κ1) is 12.0. The lowest BCUT2D eigenvalue weighted by molar-refractivity contribution is 0.0690. The van der Waals surface area contributed by atoms with Crippen molar-refractivity contribution in [3.05, 3.63) is 54.0 Å². The molecule has 5 heteroatoms. The number of aromatic nitrogens is 2. The average Bonchev–Trinajstić information content (AvgIpc) is 2.40. The minimum absolute atomic E-state index is 0.0215. The number of hydrogen-bond acceptors (Lipinski definition) is 4. The standard InChI is InChI=1S/C13H13N3O2/c1-9(10-5-2-3-8-14-10)15-12-7-4-6-11(16-12)13(17)18/h2-9H,1H3,(H,15,16)(H,17,18)/t9-/m1/s1. The Balaban J connectivity index is 2.14. The zero-order valence-corrected chi connectivity index (χ0v) is 9.87. The molecule has 0 aliphatic carbocycles. The predicted molar refractivity (Wildman–Crippen MR) is 67.5 cm³/mol. The van der Waals surface area contributed by atoms with Gasteiger partial charge in [-0.15, -0.1) is 0 Å². The molecule has 0 radical (unpaired) electrons. The van der Waals surface area contributed by atoms with Crippen LogP contribution in [0.4, 0.5) is 5.82 Å². The van der Waals surface area contributed by atoms with Crippen LogP contribution in [0.1, 0.15) is 29.1 Å². The molecule has 0 amide bonds. The summed E-state index contributed by atoms with van der Waals surface area (Å²) in [5, 5.41) is 12.0. The van der Waals surface area contributed by atoms with E-state index in [9.17, 15) is 4.79 Å². The number of carbonyl (C=O) groups is 1. The molecule has 92 valence electrons. The number of carboxylic acids is 1. The van der Waals surface area contributed by atoms with Crippen LogP contribution < -0.4 is 5.32 Å². The van der Waals surface area contributed by atoms with Crippen molar-refractivity contribution < 1.29 is 9.90 Å². The van der Waals surface area contributed by atoms with Gasteiger partial charge in [0.1, 0.15) is 5.82 Å². The summed E-state index contributed by atoms with van der Waals surface area (Å²) < 4.78 is 0. The van der Waals surface area contributed by atoms with E-state index in [1.807, 2.05) is 25.1 Å². The van der Waals surface area contributed by atoms with E-state index < -0.39 is 5.97 Å². The van der Waals surface area contributed by atoms with Gasteiger partial charge in [-0.1, -0.05) is 12.1 Å². The second-order valence-corrected chi connectivity index (χ2v) is 3.83. The van der Waals surface area contributed by atoms with E-state index in [1.54, 1.807) is 18.3 Å². The highest BCUT2D eigenvalue weighted by atomic mass is 16.4. The normalized spacial score (nSPS) is 11.8. The highest BCUT2D eigenvalue weighted by Crippen LogP contribution is 2.15. The molecule has 1 atom stereocenters. The second kappa shape index (κ2) is 5.27. The van der Waals surface area contributed by atoms with Crippen molar-refractivity contribution in [2.75, 3.05) is 5.32 Å². The Hall–Kier alpha value is -2.43. The van der Waals surface area contributed by atoms with Crippen LogP contribution in [0, 0.1) is 0 Å². The maximum atomic E-state index is 10.8. The number of rotatable bonds is 4. The maximum absolute atomic E-state index is 10.8. The van der Waals surface area contributed by atoms with Gasteiger partial charge in [0, 0.05) is 6.20 Å². The highest BCUT2D eigenvalue weighted by molar-refractivity contribution is 5.85. The summed E-state index contributed by atoms with van der Waals surface area (Å²) in [5.41, 5.74) is 0.897. The van der Waals surface area contributed by atoms with Gasteiger partial charge in [-0.3, -0.25) is 4.98 Å². The Morgan fingerprint density at radius 2 is 2.11 bits per heavy atom. The Morgan fingerprint density at radius 1 is 1.28 bits per heavy atom. The second-order valence-electron chi connectivity index (χ2n) is 3.83. The number of aromatic carboxylic acids is 1. The van der Waals surface area contributed by atoms with Crippen LogP contribution in [0.25, 0.3) is 0 Å². The topological polar surface area (TPSA) is 75.1 Å². The minimum Gasteiger partial charge on any atom is -0.477 e. The zero-order valence-electron chi connectivity index (χ0n) is 9.87. The molecular weight excluding hydrogens is 230 g/mol. The van der Waals surface area contributed by atoms with Gasteiger partial charge in [-0.2, -0.15) is 0 Å². The number of carboxylic acid groups (broad SMARTS) is 1. The number of hydrogen-bond donors (Lipinski definition) is 2. The summed E-state index contributed by atoms with van der Waals surface area (Å²) >= 11 is 0. The number of nitrogens with one attached hydrogen (secondary N) is 1. The van der Waals surface area contributed by atoms with Crippen LogP contribution in [0.3, 0.4) is 0 Å². The molecule has 0 aliphatic rings. The molecule has 0 saturated heterocycles. The fraction of sp³-hybridized carbons (Fsp3) is 0.154. The molecule has 0 spiro atoms. The van der Waals surface area contributed by atoms with E-state index in [2.05, 4.69) is 15.3 Å². The molecule has 0 bridgehead atoms. The smallest absolute Gasteiger partial charge is 0.354 e. The maximum Gasteiger partial charge on any atom is 0.354 e. The zero-order chi connectivity index (χ0) is 13.0. The molecule has 0 aliphatic heterocycles. The molecule has 2 aromatic rings. The lowest BCUT2D eigenvalue weighted by Crippen LogP contribution is -2.11. The summed E-state index contributed by atoms with van der Waals surface area (Å²) in [4.78, 5) is 19.0. The molecule has 18 heavy (non-hydrogen) atoms. The molecule has 2 N–H and O–H groups in total. The van der Waals surface area contributed by atoms with Crippen molar-refractivity contribution in [3.63, 3.8) is 0 Å². The summed E-state index contributed by atoms with van der Waals surface area (Å²) in [7, 11) is 0. The van der Waals surface area contributed by atoms with Crippen LogP contribution in [0.15, 0.2) is 42.6 Å². The van der Waals surface area contributed by atoms with Crippen LogP contribution >= 0.6 is 0 Å². The third kappa shape index (κ3) is 2.82. The fourth-order valence-corrected chi connectivity index (χ4v) is 1.56. The van der Waals surface area contributed by atoms with Crippen LogP contribution in [-0.2, 0) is 0 Å². The monoisotopic (exact) mass is 243 g/mol. The summed E-state index contributed by atoms with van der Waals surface area (Å²) in [6.45, 7) is 1.94. The van der Waals surface area contributed by atoms with Crippen LogP contribution in [0.2, 0.25) is 0 Å². The molecule has 0 unspecified atom stereocenters. The summed E-state index contributed by atoms with van der Waals surface area (Å²) in [6, 6.07) is 10.5. The summed E-state index contributed by atoms with van der Waals surface area (Å²) in [6.07, 6.45) is 1.72. The van der Waals surface area contributed by atoms with Crippen molar-refractivity contribution in [1.29, 1.82) is 0 Å². The quantitative estimate of drug-likeness (QED) is 0.862. The van der Waals surface area contributed by atoms with E-state index in [1.165, 1.54) is 6.07 Å². The van der Waals surface area contributed by atoms with E-state index in [0.29, 0.717) is 5.82 Å². The van der Waals surface area contributed by atoms with Gasteiger partial charge < -0.3 is 10.4 Å². The Labute approximate surface area is 105 Å². The fourth-order valence-electron chi connectivity index (χ4n) is 1.56. The van der Waals surface area contributed by atoms with Gasteiger partial charge in [0.25, 0.3) is 0 Å². The third-order valence-corrected chi connectivity index (χ3v) is 2.46. The highest BCUT2D eigenvalue weighted by Gasteiger charge is 2.09. The van der Waals surface area contributed by atoms with E-state index in [-0.39, 0.29) is 11.7 Å². The molecule has 2 rings (SSSR count). The summed E-state index contributed by atoms with van der Waals surface area (Å²) in [5.74, 6) is -0.516. The van der Waals surface area contributed by atoms with Gasteiger partial charge >= 0.3 is 5.97 Å². The van der Waals surface area contributed by atoms with Gasteiger partial charge in [0.05, 0.1) is 11.7 Å². The molecule has 0 saturated carbocycles. The largest absolute Gasteiger partial charge is 0.477 e. The average molecular weight is 243 g/mol. The molecule has 0 aromatic carbocycles. The van der Waals surface area contributed by atoms with E-state index >= 15 is 0 Å². The van der Waals surface area contributed by atoms with Crippen molar-refractivity contribution in [2.24, 2.45) is 0 Å².